The Labute approximate surface area is 204 Å². The molecule has 0 saturated carbocycles. The smallest absolute Gasteiger partial charge is 0.273 e. The molecule has 0 spiro atoms. The van der Waals surface area contributed by atoms with Crippen LogP contribution in [0.2, 0.25) is 0 Å². The molecule has 9 nitrogen and oxygen atoms in total. The van der Waals surface area contributed by atoms with Crippen molar-refractivity contribution in [3.63, 3.8) is 0 Å². The molecule has 3 aromatic carbocycles. The molecular formula is C25H27N3O6S. The highest BCUT2D eigenvalue weighted by atomic mass is 32.2. The summed E-state index contributed by atoms with van der Waals surface area (Å²) < 4.78 is 33.2. The van der Waals surface area contributed by atoms with Crippen molar-refractivity contribution < 1.29 is 22.9 Å². The zero-order chi connectivity index (χ0) is 25.6. The Kier molecular flexibility index (Phi) is 8.21. The number of nitrogens with one attached hydrogen (secondary N) is 2. The van der Waals surface area contributed by atoms with Gasteiger partial charge in [0.15, 0.2) is 0 Å². The molecule has 10 heteroatoms. The molecule has 0 fully saturated rings. The SMILES string of the molecule is Cc1ccc(S(=O)(=O)Nc2ccc(C(=O)NCc3ccc(COC(C)C)cc3)cc2)cc1[N+](=O)[O-]. The molecule has 0 radical (unpaired) electrons. The quantitative estimate of drug-likeness (QED) is 0.312. The summed E-state index contributed by atoms with van der Waals surface area (Å²) in [5, 5.41) is 13.9. The van der Waals surface area contributed by atoms with Crippen LogP contribution in [0.15, 0.2) is 71.6 Å². The maximum Gasteiger partial charge on any atom is 0.273 e. The molecule has 3 rings (SSSR count). The normalized spacial score (nSPS) is 11.3. The van der Waals surface area contributed by atoms with E-state index in [1.807, 2.05) is 38.1 Å². The van der Waals surface area contributed by atoms with Crippen LogP contribution in [-0.4, -0.2) is 25.4 Å². The fourth-order valence-electron chi connectivity index (χ4n) is 3.16. The fourth-order valence-corrected chi connectivity index (χ4v) is 4.24. The predicted octanol–water partition coefficient (Wildman–Crippen LogP) is 4.56. The van der Waals surface area contributed by atoms with Gasteiger partial charge in [0, 0.05) is 29.4 Å². The summed E-state index contributed by atoms with van der Waals surface area (Å²) in [6.07, 6.45) is 0.153. The minimum absolute atomic E-state index is 0.153. The molecule has 184 valence electrons. The van der Waals surface area contributed by atoms with Crippen molar-refractivity contribution in [3.05, 3.63) is 99.1 Å². The first-order valence-electron chi connectivity index (χ1n) is 10.9. The number of nitrogens with zero attached hydrogens (tertiary/aromatic N) is 1. The van der Waals surface area contributed by atoms with E-state index in [1.165, 1.54) is 43.3 Å². The number of anilines is 1. The highest BCUT2D eigenvalue weighted by molar-refractivity contribution is 7.92. The molecule has 1 amide bonds. The van der Waals surface area contributed by atoms with Gasteiger partial charge in [-0.05, 0) is 62.2 Å². The number of hydrogen-bond acceptors (Lipinski definition) is 6. The average Bonchev–Trinajstić information content (AvgIpc) is 2.82. The summed E-state index contributed by atoms with van der Waals surface area (Å²) in [5.41, 5.74) is 2.65. The van der Waals surface area contributed by atoms with Gasteiger partial charge in [-0.3, -0.25) is 19.6 Å². The first-order chi connectivity index (χ1) is 16.5. The van der Waals surface area contributed by atoms with Gasteiger partial charge in [-0.15, -0.1) is 0 Å². The van der Waals surface area contributed by atoms with Crippen LogP contribution in [-0.2, 0) is 27.9 Å². The first-order valence-corrected chi connectivity index (χ1v) is 12.4. The van der Waals surface area contributed by atoms with Crippen LogP contribution in [0.1, 0.15) is 40.9 Å². The van der Waals surface area contributed by atoms with E-state index in [-0.39, 0.29) is 28.3 Å². The molecule has 0 unspecified atom stereocenters. The van der Waals surface area contributed by atoms with Gasteiger partial charge in [-0.1, -0.05) is 30.3 Å². The second kappa shape index (κ2) is 11.1. The Morgan fingerprint density at radius 2 is 1.63 bits per heavy atom. The topological polar surface area (TPSA) is 128 Å². The second-order valence-electron chi connectivity index (χ2n) is 8.25. The lowest BCUT2D eigenvalue weighted by Gasteiger charge is -2.10. The molecule has 35 heavy (non-hydrogen) atoms. The van der Waals surface area contributed by atoms with Gasteiger partial charge in [0.1, 0.15) is 0 Å². The van der Waals surface area contributed by atoms with Crippen LogP contribution < -0.4 is 10.0 Å². The van der Waals surface area contributed by atoms with E-state index in [9.17, 15) is 23.3 Å². The first kappa shape index (κ1) is 25.9. The Morgan fingerprint density at radius 3 is 2.23 bits per heavy atom. The number of aryl methyl sites for hydroxylation is 1. The van der Waals surface area contributed by atoms with E-state index in [4.69, 9.17) is 4.74 Å². The summed E-state index contributed by atoms with van der Waals surface area (Å²) in [6.45, 7) is 6.35. The van der Waals surface area contributed by atoms with E-state index in [0.717, 1.165) is 17.2 Å². The number of carbonyl (C=O) groups is 1. The fraction of sp³-hybridized carbons (Fsp3) is 0.240. The molecule has 0 aliphatic rings. The Balaban J connectivity index is 1.60. The largest absolute Gasteiger partial charge is 0.374 e. The average molecular weight is 498 g/mol. The summed E-state index contributed by atoms with van der Waals surface area (Å²) in [7, 11) is -4.04. The molecule has 0 bridgehead atoms. The molecule has 0 heterocycles. The third-order valence-electron chi connectivity index (χ3n) is 5.15. The molecule has 3 aromatic rings. The van der Waals surface area contributed by atoms with E-state index in [0.29, 0.717) is 24.3 Å². The number of rotatable bonds is 10. The number of benzene rings is 3. The van der Waals surface area contributed by atoms with E-state index in [1.54, 1.807) is 0 Å². The molecule has 0 saturated heterocycles. The van der Waals surface area contributed by atoms with Crippen molar-refractivity contribution in [1.82, 2.24) is 5.32 Å². The van der Waals surface area contributed by atoms with E-state index < -0.39 is 14.9 Å². The number of ether oxygens (including phenoxy) is 1. The van der Waals surface area contributed by atoms with Crippen LogP contribution in [0.4, 0.5) is 11.4 Å². The van der Waals surface area contributed by atoms with Crippen LogP contribution in [0.5, 0.6) is 0 Å². The number of carbonyl (C=O) groups excluding carboxylic acids is 1. The monoisotopic (exact) mass is 497 g/mol. The zero-order valence-corrected chi connectivity index (χ0v) is 20.5. The van der Waals surface area contributed by atoms with Gasteiger partial charge in [-0.25, -0.2) is 8.42 Å². The highest BCUT2D eigenvalue weighted by Gasteiger charge is 2.20. The van der Waals surface area contributed by atoms with Crippen molar-refractivity contribution in [2.24, 2.45) is 0 Å². The van der Waals surface area contributed by atoms with Crippen LogP contribution in [0.3, 0.4) is 0 Å². The Morgan fingerprint density at radius 1 is 1.00 bits per heavy atom. The van der Waals surface area contributed by atoms with Crippen LogP contribution in [0.25, 0.3) is 0 Å². The minimum Gasteiger partial charge on any atom is -0.374 e. The number of sulfonamides is 1. The van der Waals surface area contributed by atoms with Crippen molar-refractivity contribution in [1.29, 1.82) is 0 Å². The molecule has 0 aliphatic carbocycles. The van der Waals surface area contributed by atoms with Gasteiger partial charge in [0.05, 0.1) is 22.5 Å². The standard InChI is InChI=1S/C25H27N3O6S/c1-17(2)34-16-20-7-5-19(6-8-20)15-26-25(29)21-9-11-22(12-10-21)27-35(32,33)23-13-4-18(3)24(14-23)28(30)31/h4-14,17,27H,15-16H2,1-3H3,(H,26,29). The molecule has 2 N–H and O–H groups in total. The van der Waals surface area contributed by atoms with Gasteiger partial charge in [-0.2, -0.15) is 0 Å². The van der Waals surface area contributed by atoms with Crippen molar-refractivity contribution >= 4 is 27.3 Å². The molecule has 0 atom stereocenters. The van der Waals surface area contributed by atoms with E-state index >= 15 is 0 Å². The van der Waals surface area contributed by atoms with Crippen LogP contribution in [0, 0.1) is 17.0 Å². The molecular weight excluding hydrogens is 470 g/mol. The van der Waals surface area contributed by atoms with Gasteiger partial charge in [0.25, 0.3) is 21.6 Å². The third-order valence-corrected chi connectivity index (χ3v) is 6.53. The summed E-state index contributed by atoms with van der Waals surface area (Å²) in [6, 6.07) is 17.4. The van der Waals surface area contributed by atoms with Gasteiger partial charge >= 0.3 is 0 Å². The highest BCUT2D eigenvalue weighted by Crippen LogP contribution is 2.24. The van der Waals surface area contributed by atoms with E-state index in [2.05, 4.69) is 10.0 Å². The van der Waals surface area contributed by atoms with Gasteiger partial charge < -0.3 is 10.1 Å². The lowest BCUT2D eigenvalue weighted by Crippen LogP contribution is -2.22. The number of amides is 1. The molecule has 0 aromatic heterocycles. The van der Waals surface area contributed by atoms with Crippen molar-refractivity contribution in [2.75, 3.05) is 4.72 Å². The lowest BCUT2D eigenvalue weighted by molar-refractivity contribution is -0.385. The second-order valence-corrected chi connectivity index (χ2v) is 9.93. The summed E-state index contributed by atoms with van der Waals surface area (Å²) >= 11 is 0. The third kappa shape index (κ3) is 7.11. The Hall–Kier alpha value is -3.76. The zero-order valence-electron chi connectivity index (χ0n) is 19.6. The number of nitro groups is 1. The predicted molar refractivity (Wildman–Crippen MR) is 133 cm³/mol. The maximum absolute atomic E-state index is 12.6. The van der Waals surface area contributed by atoms with Crippen molar-refractivity contribution in [2.45, 2.75) is 44.9 Å². The minimum atomic E-state index is -4.04. The van der Waals surface area contributed by atoms with Crippen LogP contribution >= 0.6 is 0 Å². The number of hydrogen-bond donors (Lipinski definition) is 2. The Bertz CT molecular complexity index is 1300. The van der Waals surface area contributed by atoms with Gasteiger partial charge in [0.2, 0.25) is 0 Å². The summed E-state index contributed by atoms with van der Waals surface area (Å²) in [4.78, 5) is 22.7. The number of nitro benzene ring substituents is 1. The molecule has 0 aliphatic heterocycles. The summed E-state index contributed by atoms with van der Waals surface area (Å²) in [5.74, 6) is -0.305. The maximum atomic E-state index is 12.6. The van der Waals surface area contributed by atoms with Crippen molar-refractivity contribution in [3.8, 4) is 0 Å². The lowest BCUT2D eigenvalue weighted by atomic mass is 10.1.